The van der Waals surface area contributed by atoms with E-state index in [1.54, 1.807) is 19.3 Å². The van der Waals surface area contributed by atoms with Crippen molar-refractivity contribution < 1.29 is 5.11 Å². The highest BCUT2D eigenvalue weighted by molar-refractivity contribution is 5.08. The summed E-state index contributed by atoms with van der Waals surface area (Å²) in [5.41, 5.74) is 1.08. The molecule has 1 N–H and O–H groups in total. The molecule has 2 atom stereocenters. The lowest BCUT2D eigenvalue weighted by molar-refractivity contribution is 0.176. The van der Waals surface area contributed by atoms with E-state index in [2.05, 4.69) is 16.9 Å². The van der Waals surface area contributed by atoms with Crippen molar-refractivity contribution in [1.82, 2.24) is 9.97 Å². The summed E-state index contributed by atoms with van der Waals surface area (Å²) in [5.74, 6) is 0.325. The average molecular weight is 166 g/mol. The van der Waals surface area contributed by atoms with Crippen LogP contribution in [0.3, 0.4) is 0 Å². The van der Waals surface area contributed by atoms with Crippen LogP contribution in [0.5, 0.6) is 0 Å². The van der Waals surface area contributed by atoms with Crippen LogP contribution < -0.4 is 0 Å². The first kappa shape index (κ1) is 9.13. The van der Waals surface area contributed by atoms with E-state index in [-0.39, 0.29) is 6.10 Å². The van der Waals surface area contributed by atoms with E-state index in [0.29, 0.717) is 5.92 Å². The lowest BCUT2D eigenvalue weighted by Crippen LogP contribution is -2.06. The van der Waals surface area contributed by atoms with Gasteiger partial charge in [-0.2, -0.15) is 0 Å². The van der Waals surface area contributed by atoms with Gasteiger partial charge in [0.2, 0.25) is 0 Å². The largest absolute Gasteiger partial charge is 0.393 e. The molecule has 0 aliphatic heterocycles. The topological polar surface area (TPSA) is 46.0 Å². The van der Waals surface area contributed by atoms with Gasteiger partial charge < -0.3 is 5.11 Å². The van der Waals surface area contributed by atoms with Crippen molar-refractivity contribution in [3.05, 3.63) is 24.3 Å². The van der Waals surface area contributed by atoms with E-state index in [4.69, 9.17) is 5.11 Å². The van der Waals surface area contributed by atoms with Gasteiger partial charge in [-0.1, -0.05) is 6.92 Å². The summed E-state index contributed by atoms with van der Waals surface area (Å²) in [6.45, 7) is 3.85. The molecule has 0 saturated carbocycles. The average Bonchev–Trinajstić information content (AvgIpc) is 2.05. The van der Waals surface area contributed by atoms with Crippen LogP contribution in [0.15, 0.2) is 18.7 Å². The van der Waals surface area contributed by atoms with Crippen LogP contribution in [-0.2, 0) is 0 Å². The first-order valence-electron chi connectivity index (χ1n) is 4.13. The van der Waals surface area contributed by atoms with Gasteiger partial charge in [0.05, 0.1) is 6.10 Å². The van der Waals surface area contributed by atoms with E-state index in [1.807, 2.05) is 0 Å². The maximum Gasteiger partial charge on any atom is 0.115 e. The highest BCUT2D eigenvalue weighted by atomic mass is 16.3. The molecule has 2 unspecified atom stereocenters. The molecule has 66 valence electrons. The van der Waals surface area contributed by atoms with Crippen molar-refractivity contribution in [3.63, 3.8) is 0 Å². The fraction of sp³-hybridized carbons (Fsp3) is 0.556. The molecule has 0 radical (unpaired) electrons. The highest BCUT2D eigenvalue weighted by Crippen LogP contribution is 2.18. The van der Waals surface area contributed by atoms with Gasteiger partial charge in [0.1, 0.15) is 6.33 Å². The van der Waals surface area contributed by atoms with Crippen LogP contribution in [0.25, 0.3) is 0 Å². The number of hydrogen-bond acceptors (Lipinski definition) is 3. The Balaban J connectivity index is 2.59. The number of rotatable bonds is 3. The predicted octanol–water partition coefficient (Wildman–Crippen LogP) is 1.35. The van der Waals surface area contributed by atoms with E-state index in [1.165, 1.54) is 6.33 Å². The molecule has 1 aromatic heterocycles. The summed E-state index contributed by atoms with van der Waals surface area (Å²) in [6, 6.07) is 0. The standard InChI is InChI=1S/C9H14N2O/c1-7(3-8(2)12)9-4-10-6-11-5-9/h4-8,12H,3H2,1-2H3. The fourth-order valence-corrected chi connectivity index (χ4v) is 1.21. The summed E-state index contributed by atoms with van der Waals surface area (Å²) >= 11 is 0. The Labute approximate surface area is 72.5 Å². The molecule has 0 bridgehead atoms. The normalized spacial score (nSPS) is 15.6. The lowest BCUT2D eigenvalue weighted by atomic mass is 9.98. The Morgan fingerprint density at radius 3 is 2.42 bits per heavy atom. The summed E-state index contributed by atoms with van der Waals surface area (Å²) < 4.78 is 0. The zero-order valence-corrected chi connectivity index (χ0v) is 7.44. The molecule has 1 heterocycles. The number of aromatic nitrogens is 2. The van der Waals surface area contributed by atoms with Crippen molar-refractivity contribution in [2.75, 3.05) is 0 Å². The Kier molecular flexibility index (Phi) is 3.17. The van der Waals surface area contributed by atoms with Crippen LogP contribution in [0.4, 0.5) is 0 Å². The van der Waals surface area contributed by atoms with Crippen molar-refractivity contribution in [2.24, 2.45) is 0 Å². The van der Waals surface area contributed by atoms with E-state index >= 15 is 0 Å². The summed E-state index contributed by atoms with van der Waals surface area (Å²) in [5, 5.41) is 9.14. The Morgan fingerprint density at radius 1 is 1.33 bits per heavy atom. The maximum atomic E-state index is 9.14. The second kappa shape index (κ2) is 4.16. The third kappa shape index (κ3) is 2.58. The third-order valence-corrected chi connectivity index (χ3v) is 1.84. The zero-order chi connectivity index (χ0) is 8.97. The van der Waals surface area contributed by atoms with Gasteiger partial charge in [-0.25, -0.2) is 9.97 Å². The minimum absolute atomic E-state index is 0.264. The SMILES string of the molecule is CC(O)CC(C)c1cncnc1. The lowest BCUT2D eigenvalue weighted by Gasteiger charge is -2.11. The van der Waals surface area contributed by atoms with E-state index in [0.717, 1.165) is 12.0 Å². The van der Waals surface area contributed by atoms with Crippen molar-refractivity contribution in [3.8, 4) is 0 Å². The molecule has 0 fully saturated rings. The van der Waals surface area contributed by atoms with Gasteiger partial charge in [0.25, 0.3) is 0 Å². The molecule has 1 aromatic rings. The van der Waals surface area contributed by atoms with Crippen molar-refractivity contribution in [1.29, 1.82) is 0 Å². The molecule has 0 saturated heterocycles. The third-order valence-electron chi connectivity index (χ3n) is 1.84. The molecule has 0 aromatic carbocycles. The van der Waals surface area contributed by atoms with Crippen LogP contribution in [0, 0.1) is 0 Å². The molecule has 0 aliphatic rings. The van der Waals surface area contributed by atoms with Gasteiger partial charge in [0, 0.05) is 12.4 Å². The van der Waals surface area contributed by atoms with Crippen LogP contribution in [0.1, 0.15) is 31.7 Å². The molecule has 12 heavy (non-hydrogen) atoms. The number of aliphatic hydroxyl groups excluding tert-OH is 1. The van der Waals surface area contributed by atoms with Gasteiger partial charge >= 0.3 is 0 Å². The minimum atomic E-state index is -0.264. The van der Waals surface area contributed by atoms with E-state index in [9.17, 15) is 0 Å². The van der Waals surface area contributed by atoms with Crippen LogP contribution >= 0.6 is 0 Å². The predicted molar refractivity (Wildman–Crippen MR) is 46.7 cm³/mol. The van der Waals surface area contributed by atoms with Gasteiger partial charge in [0.15, 0.2) is 0 Å². The van der Waals surface area contributed by atoms with Gasteiger partial charge in [-0.3, -0.25) is 0 Å². The molecule has 0 aliphatic carbocycles. The second-order valence-electron chi connectivity index (χ2n) is 3.16. The maximum absolute atomic E-state index is 9.14. The fourth-order valence-electron chi connectivity index (χ4n) is 1.21. The van der Waals surface area contributed by atoms with Crippen molar-refractivity contribution in [2.45, 2.75) is 32.3 Å². The number of aliphatic hydroxyl groups is 1. The molecular formula is C9H14N2O. The molecule has 3 nitrogen and oxygen atoms in total. The smallest absolute Gasteiger partial charge is 0.115 e. The molecule has 0 spiro atoms. The summed E-state index contributed by atoms with van der Waals surface area (Å²) in [7, 11) is 0. The van der Waals surface area contributed by atoms with Crippen molar-refractivity contribution >= 4 is 0 Å². The Bertz CT molecular complexity index is 223. The second-order valence-corrected chi connectivity index (χ2v) is 3.16. The molecule has 0 amide bonds. The molecular weight excluding hydrogens is 152 g/mol. The molecule has 1 rings (SSSR count). The first-order valence-corrected chi connectivity index (χ1v) is 4.13. The summed E-state index contributed by atoms with van der Waals surface area (Å²) in [4.78, 5) is 7.84. The Hall–Kier alpha value is -0.960. The summed E-state index contributed by atoms with van der Waals surface area (Å²) in [6.07, 6.45) is 5.59. The number of hydrogen-bond donors (Lipinski definition) is 1. The minimum Gasteiger partial charge on any atom is -0.393 e. The number of nitrogens with zero attached hydrogens (tertiary/aromatic N) is 2. The molecule has 3 heteroatoms. The van der Waals surface area contributed by atoms with Gasteiger partial charge in [-0.15, -0.1) is 0 Å². The van der Waals surface area contributed by atoms with E-state index < -0.39 is 0 Å². The monoisotopic (exact) mass is 166 g/mol. The van der Waals surface area contributed by atoms with Crippen LogP contribution in [0.2, 0.25) is 0 Å². The zero-order valence-electron chi connectivity index (χ0n) is 7.44. The quantitative estimate of drug-likeness (QED) is 0.737. The van der Waals surface area contributed by atoms with Crippen LogP contribution in [-0.4, -0.2) is 21.2 Å². The van der Waals surface area contributed by atoms with Gasteiger partial charge in [-0.05, 0) is 24.8 Å². The Morgan fingerprint density at radius 2 is 1.92 bits per heavy atom. The first-order chi connectivity index (χ1) is 5.70. The highest BCUT2D eigenvalue weighted by Gasteiger charge is 2.08.